The van der Waals surface area contributed by atoms with Gasteiger partial charge < -0.3 is 9.84 Å². The van der Waals surface area contributed by atoms with E-state index >= 15 is 0 Å². The van der Waals surface area contributed by atoms with E-state index in [2.05, 4.69) is 17.2 Å². The molecule has 0 aliphatic rings. The maximum absolute atomic E-state index is 12.0. The van der Waals surface area contributed by atoms with Crippen molar-refractivity contribution < 1.29 is 19.6 Å². The molecule has 146 valence electrons. The lowest BCUT2D eigenvalue weighted by molar-refractivity contribution is -0.386. The number of aliphatic hydroxyl groups excluding tert-OH is 1. The Hall–Kier alpha value is -3.37. The number of carbonyl (C=O) groups is 1. The van der Waals surface area contributed by atoms with Gasteiger partial charge in [0.2, 0.25) is 0 Å². The van der Waals surface area contributed by atoms with E-state index in [0.717, 1.165) is 5.56 Å². The molecule has 1 amide bonds. The average molecular weight is 382 g/mol. The Morgan fingerprint density at radius 2 is 1.86 bits per heavy atom. The van der Waals surface area contributed by atoms with Crippen LogP contribution < -0.4 is 5.32 Å². The third-order valence-electron chi connectivity index (χ3n) is 3.60. The lowest BCUT2D eigenvalue weighted by Gasteiger charge is -2.20. The van der Waals surface area contributed by atoms with Crippen LogP contribution in [0.2, 0.25) is 0 Å². The molecule has 0 heterocycles. The number of para-hydroxylation sites is 2. The largest absolute Gasteiger partial charge is 0.444 e. The van der Waals surface area contributed by atoms with E-state index < -0.39 is 22.7 Å². The van der Waals surface area contributed by atoms with E-state index in [9.17, 15) is 20.0 Å². The summed E-state index contributed by atoms with van der Waals surface area (Å²) in [4.78, 5) is 22.5. The minimum atomic E-state index is -1.28. The van der Waals surface area contributed by atoms with E-state index in [1.54, 1.807) is 51.1 Å². The summed E-state index contributed by atoms with van der Waals surface area (Å²) in [6, 6.07) is 13.0. The van der Waals surface area contributed by atoms with E-state index in [1.165, 1.54) is 18.2 Å². The molecule has 0 aromatic heterocycles. The van der Waals surface area contributed by atoms with Gasteiger partial charge in [0.25, 0.3) is 5.69 Å². The van der Waals surface area contributed by atoms with Crippen molar-refractivity contribution in [2.24, 2.45) is 0 Å². The first-order chi connectivity index (χ1) is 13.2. The van der Waals surface area contributed by atoms with Crippen molar-refractivity contribution in [1.82, 2.24) is 0 Å². The molecule has 0 aliphatic heterocycles. The molecular formula is C21H22N2O5. The van der Waals surface area contributed by atoms with Gasteiger partial charge >= 0.3 is 6.09 Å². The number of nitrogens with zero attached hydrogens (tertiary/aromatic N) is 1. The van der Waals surface area contributed by atoms with Gasteiger partial charge in [-0.3, -0.25) is 15.4 Å². The van der Waals surface area contributed by atoms with Crippen molar-refractivity contribution in [2.45, 2.75) is 38.9 Å². The third kappa shape index (κ3) is 6.11. The first kappa shape index (κ1) is 20.9. The first-order valence-corrected chi connectivity index (χ1v) is 8.65. The fourth-order valence-corrected chi connectivity index (χ4v) is 2.42. The van der Waals surface area contributed by atoms with Gasteiger partial charge in [-0.15, -0.1) is 0 Å². The Labute approximate surface area is 163 Å². The van der Waals surface area contributed by atoms with Crippen molar-refractivity contribution in [2.75, 3.05) is 5.32 Å². The molecule has 7 nitrogen and oxygen atoms in total. The zero-order chi connectivity index (χ0) is 20.7. The minimum Gasteiger partial charge on any atom is -0.444 e. The van der Waals surface area contributed by atoms with E-state index in [4.69, 9.17) is 4.74 Å². The Morgan fingerprint density at radius 1 is 1.21 bits per heavy atom. The summed E-state index contributed by atoms with van der Waals surface area (Å²) in [6.07, 6.45) is -1.62. The third-order valence-corrected chi connectivity index (χ3v) is 3.60. The summed E-state index contributed by atoms with van der Waals surface area (Å²) in [6.45, 7) is 5.32. The monoisotopic (exact) mass is 382 g/mol. The highest BCUT2D eigenvalue weighted by atomic mass is 16.6. The van der Waals surface area contributed by atoms with Crippen molar-refractivity contribution in [1.29, 1.82) is 0 Å². The fourth-order valence-electron chi connectivity index (χ4n) is 2.42. The van der Waals surface area contributed by atoms with Crippen LogP contribution in [0.3, 0.4) is 0 Å². The molecule has 28 heavy (non-hydrogen) atoms. The van der Waals surface area contributed by atoms with Gasteiger partial charge in [-0.2, -0.15) is 0 Å². The van der Waals surface area contributed by atoms with Gasteiger partial charge in [0, 0.05) is 18.2 Å². The fraction of sp³-hybridized carbons (Fsp3) is 0.286. The molecule has 7 heteroatoms. The molecule has 0 aliphatic carbocycles. The van der Waals surface area contributed by atoms with E-state index in [-0.39, 0.29) is 17.7 Å². The van der Waals surface area contributed by atoms with Gasteiger partial charge in [0.15, 0.2) is 0 Å². The molecule has 0 saturated carbocycles. The molecular weight excluding hydrogens is 360 g/mol. The minimum absolute atomic E-state index is 0.139. The SMILES string of the molecule is CC(C)(C)OC(=O)Nc1ccccc1CC#CC(O)c1ccccc1[N+](=O)[O-]. The highest BCUT2D eigenvalue weighted by Crippen LogP contribution is 2.24. The maximum atomic E-state index is 12.0. The summed E-state index contributed by atoms with van der Waals surface area (Å²) in [5.41, 5.74) is 0.617. The Morgan fingerprint density at radius 3 is 2.54 bits per heavy atom. The lowest BCUT2D eigenvalue weighted by Crippen LogP contribution is -2.27. The van der Waals surface area contributed by atoms with E-state index in [1.807, 2.05) is 0 Å². The molecule has 0 radical (unpaired) electrons. The summed E-state index contributed by atoms with van der Waals surface area (Å²) in [7, 11) is 0. The first-order valence-electron chi connectivity index (χ1n) is 8.65. The van der Waals surface area contributed by atoms with Crippen LogP contribution in [0.15, 0.2) is 48.5 Å². The zero-order valence-electron chi connectivity index (χ0n) is 15.9. The molecule has 1 atom stereocenters. The van der Waals surface area contributed by atoms with Crippen molar-refractivity contribution in [3.63, 3.8) is 0 Å². The summed E-state index contributed by atoms with van der Waals surface area (Å²) >= 11 is 0. The van der Waals surface area contributed by atoms with Gasteiger partial charge in [-0.1, -0.05) is 42.2 Å². The number of hydrogen-bond acceptors (Lipinski definition) is 5. The molecule has 0 bridgehead atoms. The average Bonchev–Trinajstić information content (AvgIpc) is 2.61. The highest BCUT2D eigenvalue weighted by molar-refractivity contribution is 5.86. The predicted octanol–water partition coefficient (Wildman–Crippen LogP) is 4.22. The number of carbonyl (C=O) groups excluding carboxylic acids is 1. The number of aliphatic hydroxyl groups is 1. The number of ether oxygens (including phenoxy) is 1. The van der Waals surface area contributed by atoms with Crippen LogP contribution in [-0.2, 0) is 11.2 Å². The maximum Gasteiger partial charge on any atom is 0.412 e. The van der Waals surface area contributed by atoms with Crippen LogP contribution in [0.5, 0.6) is 0 Å². The number of hydrogen-bond donors (Lipinski definition) is 2. The predicted molar refractivity (Wildman–Crippen MR) is 106 cm³/mol. The summed E-state index contributed by atoms with van der Waals surface area (Å²) in [5.74, 6) is 5.43. The van der Waals surface area contributed by atoms with Crippen molar-refractivity contribution >= 4 is 17.5 Å². The van der Waals surface area contributed by atoms with Gasteiger partial charge in [-0.25, -0.2) is 4.79 Å². The standard InChI is InChI=1S/C21H22N2O5/c1-21(2,3)28-20(25)22-17-12-6-4-9-15(17)10-8-14-19(24)16-11-5-7-13-18(16)23(26)27/h4-7,9,11-13,19,24H,10H2,1-3H3,(H,22,25). The number of nitro benzene ring substituents is 1. The number of rotatable bonds is 4. The molecule has 1 unspecified atom stereocenters. The van der Waals surface area contributed by atoms with Crippen LogP contribution in [-0.4, -0.2) is 21.7 Å². The smallest absolute Gasteiger partial charge is 0.412 e. The lowest BCUT2D eigenvalue weighted by atomic mass is 10.1. The van der Waals surface area contributed by atoms with Gasteiger partial charge in [-0.05, 0) is 38.5 Å². The zero-order valence-corrected chi connectivity index (χ0v) is 15.9. The Bertz CT molecular complexity index is 922. The van der Waals surface area contributed by atoms with Crippen LogP contribution in [0.1, 0.15) is 38.0 Å². The number of benzene rings is 2. The molecule has 0 fully saturated rings. The number of nitrogens with one attached hydrogen (secondary N) is 1. The highest BCUT2D eigenvalue weighted by Gasteiger charge is 2.18. The number of nitro groups is 1. The van der Waals surface area contributed by atoms with Crippen LogP contribution >= 0.6 is 0 Å². The molecule has 2 N–H and O–H groups in total. The van der Waals surface area contributed by atoms with Gasteiger partial charge in [0.1, 0.15) is 11.7 Å². The van der Waals surface area contributed by atoms with Gasteiger partial charge in [0.05, 0.1) is 10.5 Å². The quantitative estimate of drug-likeness (QED) is 0.468. The summed E-state index contributed by atoms with van der Waals surface area (Å²) in [5, 5.41) is 23.9. The van der Waals surface area contributed by atoms with Crippen molar-refractivity contribution in [3.05, 3.63) is 69.8 Å². The normalized spacial score (nSPS) is 11.7. The van der Waals surface area contributed by atoms with Crippen LogP contribution in [0.4, 0.5) is 16.2 Å². The summed E-state index contributed by atoms with van der Waals surface area (Å²) < 4.78 is 5.24. The number of anilines is 1. The molecule has 0 spiro atoms. The Kier molecular flexibility index (Phi) is 6.74. The second-order valence-corrected chi connectivity index (χ2v) is 7.00. The van der Waals surface area contributed by atoms with Crippen LogP contribution in [0, 0.1) is 22.0 Å². The van der Waals surface area contributed by atoms with E-state index in [0.29, 0.717) is 5.69 Å². The number of amides is 1. The molecule has 2 aromatic rings. The van der Waals surface area contributed by atoms with Crippen molar-refractivity contribution in [3.8, 4) is 11.8 Å². The van der Waals surface area contributed by atoms with Crippen LogP contribution in [0.25, 0.3) is 0 Å². The topological polar surface area (TPSA) is 102 Å². The second-order valence-electron chi connectivity index (χ2n) is 7.00. The molecule has 2 rings (SSSR count). The molecule has 0 saturated heterocycles. The Balaban J connectivity index is 2.12. The molecule has 2 aromatic carbocycles. The second kappa shape index (κ2) is 9.02.